The van der Waals surface area contributed by atoms with Crippen LogP contribution >= 0.6 is 0 Å². The molecule has 1 aromatic carbocycles. The van der Waals surface area contributed by atoms with Crippen LogP contribution in [0.1, 0.15) is 44.3 Å². The van der Waals surface area contributed by atoms with E-state index in [-0.39, 0.29) is 12.0 Å². The molecule has 144 valence electrons. The first-order chi connectivity index (χ1) is 12.6. The molecule has 6 nitrogen and oxygen atoms in total. The Labute approximate surface area is 156 Å². The van der Waals surface area contributed by atoms with E-state index >= 15 is 0 Å². The van der Waals surface area contributed by atoms with Crippen molar-refractivity contribution in [2.24, 2.45) is 16.6 Å². The average molecular weight is 361 g/mol. The first-order valence-electron chi connectivity index (χ1n) is 9.50. The van der Waals surface area contributed by atoms with Crippen molar-refractivity contribution >= 4 is 11.9 Å². The van der Waals surface area contributed by atoms with Crippen molar-refractivity contribution in [2.45, 2.75) is 38.7 Å². The van der Waals surface area contributed by atoms with Gasteiger partial charge in [0.05, 0.1) is 6.10 Å². The van der Waals surface area contributed by atoms with Crippen molar-refractivity contribution in [3.63, 3.8) is 0 Å². The number of nitrogens with zero attached hydrogens (tertiary/aromatic N) is 2. The number of amides is 1. The zero-order chi connectivity index (χ0) is 18.8. The molecule has 6 heteroatoms. The van der Waals surface area contributed by atoms with Gasteiger partial charge in [-0.3, -0.25) is 9.79 Å². The molecule has 1 fully saturated rings. The highest BCUT2D eigenvalue weighted by Gasteiger charge is 2.23. The highest BCUT2D eigenvalue weighted by Crippen LogP contribution is 2.19. The SMILES string of the molecule is CN=C(NCCCOC(C)c1ccccc1)N1CCCC(CC(N)=O)C1. The molecule has 1 saturated heterocycles. The Bertz CT molecular complexity index is 576. The molecule has 0 aliphatic carbocycles. The highest BCUT2D eigenvalue weighted by molar-refractivity contribution is 5.80. The Morgan fingerprint density at radius 1 is 1.42 bits per heavy atom. The molecule has 1 amide bonds. The molecule has 1 aliphatic rings. The van der Waals surface area contributed by atoms with Crippen LogP contribution in [0.5, 0.6) is 0 Å². The van der Waals surface area contributed by atoms with Gasteiger partial charge >= 0.3 is 0 Å². The van der Waals surface area contributed by atoms with Crippen molar-refractivity contribution in [3.8, 4) is 0 Å². The van der Waals surface area contributed by atoms with E-state index in [2.05, 4.69) is 34.3 Å². The minimum atomic E-state index is -0.218. The van der Waals surface area contributed by atoms with E-state index < -0.39 is 0 Å². The summed E-state index contributed by atoms with van der Waals surface area (Å²) in [5, 5.41) is 3.41. The summed E-state index contributed by atoms with van der Waals surface area (Å²) in [4.78, 5) is 17.8. The van der Waals surface area contributed by atoms with Crippen molar-refractivity contribution in [3.05, 3.63) is 35.9 Å². The van der Waals surface area contributed by atoms with Crippen LogP contribution in [0.25, 0.3) is 0 Å². The van der Waals surface area contributed by atoms with E-state index in [1.54, 1.807) is 7.05 Å². The smallest absolute Gasteiger partial charge is 0.217 e. The third-order valence-electron chi connectivity index (χ3n) is 4.76. The summed E-state index contributed by atoms with van der Waals surface area (Å²) in [6, 6.07) is 10.3. The minimum Gasteiger partial charge on any atom is -0.374 e. The van der Waals surface area contributed by atoms with Crippen LogP contribution in [-0.2, 0) is 9.53 Å². The van der Waals surface area contributed by atoms with E-state index in [9.17, 15) is 4.79 Å². The number of benzene rings is 1. The number of guanidine groups is 1. The molecular formula is C20H32N4O2. The largest absolute Gasteiger partial charge is 0.374 e. The molecular weight excluding hydrogens is 328 g/mol. The number of carbonyl (C=O) groups is 1. The number of nitrogens with one attached hydrogen (secondary N) is 1. The summed E-state index contributed by atoms with van der Waals surface area (Å²) >= 11 is 0. The summed E-state index contributed by atoms with van der Waals surface area (Å²) in [5.74, 6) is 1.01. The van der Waals surface area contributed by atoms with Gasteiger partial charge in [-0.2, -0.15) is 0 Å². The Kier molecular flexibility index (Phi) is 8.41. The Hall–Kier alpha value is -2.08. The van der Waals surface area contributed by atoms with Crippen molar-refractivity contribution < 1.29 is 9.53 Å². The summed E-state index contributed by atoms with van der Waals surface area (Å²) in [6.07, 6.45) is 3.60. The molecule has 1 aliphatic heterocycles. The maximum Gasteiger partial charge on any atom is 0.217 e. The summed E-state index contributed by atoms with van der Waals surface area (Å²) in [5.41, 5.74) is 6.54. The standard InChI is InChI=1S/C20H32N4O2/c1-16(18-9-4-3-5-10-18)26-13-7-11-23-20(22-2)24-12-6-8-17(15-24)14-19(21)25/h3-5,9-10,16-17H,6-8,11-15H2,1-2H3,(H2,21,25)(H,22,23). The molecule has 2 atom stereocenters. The maximum absolute atomic E-state index is 11.2. The number of carbonyl (C=O) groups excluding carboxylic acids is 1. The monoisotopic (exact) mass is 360 g/mol. The predicted octanol–water partition coefficient (Wildman–Crippen LogP) is 2.32. The lowest BCUT2D eigenvalue weighted by Gasteiger charge is -2.34. The van der Waals surface area contributed by atoms with Crippen LogP contribution < -0.4 is 11.1 Å². The number of ether oxygens (including phenoxy) is 1. The number of piperidine rings is 1. The number of likely N-dealkylation sites (tertiary alicyclic amines) is 1. The zero-order valence-electron chi connectivity index (χ0n) is 16.0. The molecule has 0 radical (unpaired) electrons. The van der Waals surface area contributed by atoms with Gasteiger partial charge in [0.15, 0.2) is 5.96 Å². The second kappa shape index (κ2) is 10.8. The van der Waals surface area contributed by atoms with Crippen LogP contribution in [-0.4, -0.2) is 50.1 Å². The lowest BCUT2D eigenvalue weighted by atomic mass is 9.95. The number of rotatable bonds is 8. The average Bonchev–Trinajstić information content (AvgIpc) is 2.65. The first kappa shape index (κ1) is 20.2. The van der Waals surface area contributed by atoms with Gasteiger partial charge in [-0.15, -0.1) is 0 Å². The molecule has 0 aromatic heterocycles. The minimum absolute atomic E-state index is 0.104. The predicted molar refractivity (Wildman–Crippen MR) is 105 cm³/mol. The van der Waals surface area contributed by atoms with E-state index in [4.69, 9.17) is 10.5 Å². The van der Waals surface area contributed by atoms with Crippen LogP contribution in [0, 0.1) is 5.92 Å². The number of hydrogen-bond acceptors (Lipinski definition) is 3. The number of aliphatic imine (C=N–C) groups is 1. The van der Waals surface area contributed by atoms with Crippen LogP contribution in [0.15, 0.2) is 35.3 Å². The third-order valence-corrected chi connectivity index (χ3v) is 4.76. The van der Waals surface area contributed by atoms with Crippen LogP contribution in [0.2, 0.25) is 0 Å². The normalized spacial score (nSPS) is 19.2. The number of primary amides is 1. The molecule has 0 spiro atoms. The lowest BCUT2D eigenvalue weighted by Crippen LogP contribution is -2.47. The van der Waals surface area contributed by atoms with Gasteiger partial charge in [0.2, 0.25) is 5.91 Å². The third kappa shape index (κ3) is 6.67. The van der Waals surface area contributed by atoms with Gasteiger partial charge in [-0.1, -0.05) is 30.3 Å². The second-order valence-corrected chi connectivity index (χ2v) is 6.88. The molecule has 1 heterocycles. The fourth-order valence-corrected chi connectivity index (χ4v) is 3.39. The molecule has 2 rings (SSSR count). The molecule has 1 aromatic rings. The second-order valence-electron chi connectivity index (χ2n) is 6.88. The molecule has 3 N–H and O–H groups in total. The van der Waals surface area contributed by atoms with Crippen LogP contribution in [0.3, 0.4) is 0 Å². The van der Waals surface area contributed by atoms with Crippen molar-refractivity contribution in [1.82, 2.24) is 10.2 Å². The lowest BCUT2D eigenvalue weighted by molar-refractivity contribution is -0.119. The Morgan fingerprint density at radius 3 is 2.88 bits per heavy atom. The quantitative estimate of drug-likeness (QED) is 0.424. The van der Waals surface area contributed by atoms with Crippen molar-refractivity contribution in [2.75, 3.05) is 33.3 Å². The van der Waals surface area contributed by atoms with Gasteiger partial charge in [0, 0.05) is 39.7 Å². The molecule has 26 heavy (non-hydrogen) atoms. The fraction of sp³-hybridized carbons (Fsp3) is 0.600. The Morgan fingerprint density at radius 2 is 2.19 bits per heavy atom. The topological polar surface area (TPSA) is 80.0 Å². The summed E-state index contributed by atoms with van der Waals surface area (Å²) in [6.45, 7) is 5.39. The van der Waals surface area contributed by atoms with E-state index in [1.165, 1.54) is 5.56 Å². The number of hydrogen-bond donors (Lipinski definition) is 2. The fourth-order valence-electron chi connectivity index (χ4n) is 3.39. The van der Waals surface area contributed by atoms with Gasteiger partial charge in [-0.05, 0) is 37.7 Å². The van der Waals surface area contributed by atoms with E-state index in [1.807, 2.05) is 18.2 Å². The van der Waals surface area contributed by atoms with Crippen molar-refractivity contribution in [1.29, 1.82) is 0 Å². The molecule has 0 saturated carbocycles. The van der Waals surface area contributed by atoms with Gasteiger partial charge in [0.1, 0.15) is 0 Å². The zero-order valence-corrected chi connectivity index (χ0v) is 16.0. The van der Waals surface area contributed by atoms with Crippen LogP contribution in [0.4, 0.5) is 0 Å². The summed E-state index contributed by atoms with van der Waals surface area (Å²) in [7, 11) is 1.80. The summed E-state index contributed by atoms with van der Waals surface area (Å²) < 4.78 is 5.90. The highest BCUT2D eigenvalue weighted by atomic mass is 16.5. The number of nitrogens with two attached hydrogens (primary N) is 1. The van der Waals surface area contributed by atoms with Gasteiger partial charge < -0.3 is 20.7 Å². The maximum atomic E-state index is 11.2. The van der Waals surface area contributed by atoms with E-state index in [0.717, 1.165) is 44.9 Å². The molecule has 2 unspecified atom stereocenters. The first-order valence-corrected chi connectivity index (χ1v) is 9.50. The van der Waals surface area contributed by atoms with Gasteiger partial charge in [0.25, 0.3) is 0 Å². The molecule has 0 bridgehead atoms. The van der Waals surface area contributed by atoms with E-state index in [0.29, 0.717) is 18.9 Å². The van der Waals surface area contributed by atoms with Gasteiger partial charge in [-0.25, -0.2) is 0 Å². The Balaban J connectivity index is 1.68.